The van der Waals surface area contributed by atoms with Crippen molar-refractivity contribution in [1.82, 2.24) is 15.0 Å². The Bertz CT molecular complexity index is 257. The highest BCUT2D eigenvalue weighted by atomic mass is 35.5. The molecule has 0 aliphatic rings. The monoisotopic (exact) mass is 201 g/mol. The molecule has 2 atom stereocenters. The molecule has 4 heteroatoms. The second-order valence-corrected chi connectivity index (χ2v) is 4.15. The molecule has 74 valence electrons. The minimum absolute atomic E-state index is 0.0503. The molecule has 3 nitrogen and oxygen atoms in total. The summed E-state index contributed by atoms with van der Waals surface area (Å²) < 4.78 is 1.86. The van der Waals surface area contributed by atoms with E-state index < -0.39 is 0 Å². The van der Waals surface area contributed by atoms with Gasteiger partial charge in [0.15, 0.2) is 0 Å². The Labute approximate surface area is 84.1 Å². The van der Waals surface area contributed by atoms with Gasteiger partial charge in [-0.25, -0.2) is 0 Å². The maximum absolute atomic E-state index is 5.87. The summed E-state index contributed by atoms with van der Waals surface area (Å²) in [6.45, 7) is 7.20. The zero-order valence-corrected chi connectivity index (χ0v) is 9.12. The molecule has 0 radical (unpaired) electrons. The molecule has 0 aliphatic carbocycles. The fourth-order valence-corrected chi connectivity index (χ4v) is 1.13. The maximum Gasteiger partial charge on any atom is 0.100 e. The summed E-state index contributed by atoms with van der Waals surface area (Å²) in [5.41, 5.74) is 0.852. The van der Waals surface area contributed by atoms with Gasteiger partial charge in [0.1, 0.15) is 5.69 Å². The van der Waals surface area contributed by atoms with Crippen molar-refractivity contribution in [3.05, 3.63) is 11.9 Å². The molecule has 1 rings (SSSR count). The first-order valence-corrected chi connectivity index (χ1v) is 5.11. The predicted octanol–water partition coefficient (Wildman–Crippen LogP) is 2.62. The van der Waals surface area contributed by atoms with Crippen molar-refractivity contribution in [2.24, 2.45) is 5.92 Å². The van der Waals surface area contributed by atoms with Gasteiger partial charge in [-0.1, -0.05) is 25.5 Å². The molecule has 2 unspecified atom stereocenters. The van der Waals surface area contributed by atoms with E-state index in [0.717, 1.165) is 18.7 Å². The van der Waals surface area contributed by atoms with Crippen molar-refractivity contribution in [3.8, 4) is 0 Å². The van der Waals surface area contributed by atoms with E-state index in [1.807, 2.05) is 17.8 Å². The molecule has 0 aromatic carbocycles. The number of nitrogens with zero attached hydrogens (tertiary/aromatic N) is 3. The number of halogens is 1. The average Bonchev–Trinajstić information content (AvgIpc) is 2.52. The summed E-state index contributed by atoms with van der Waals surface area (Å²) in [5, 5.41) is 7.94. The first kappa shape index (κ1) is 10.5. The van der Waals surface area contributed by atoms with E-state index in [0.29, 0.717) is 5.92 Å². The highest BCUT2D eigenvalue weighted by molar-refractivity contribution is 6.20. The highest BCUT2D eigenvalue weighted by Crippen LogP contribution is 2.15. The zero-order valence-electron chi connectivity index (χ0n) is 8.37. The molecule has 1 aromatic rings. The van der Waals surface area contributed by atoms with Gasteiger partial charge in [0.25, 0.3) is 0 Å². The van der Waals surface area contributed by atoms with E-state index in [4.69, 9.17) is 11.6 Å². The van der Waals surface area contributed by atoms with Crippen molar-refractivity contribution < 1.29 is 0 Å². The fourth-order valence-electron chi connectivity index (χ4n) is 1.03. The van der Waals surface area contributed by atoms with Gasteiger partial charge >= 0.3 is 0 Å². The summed E-state index contributed by atoms with van der Waals surface area (Å²) in [6, 6.07) is 0. The molecule has 0 saturated heterocycles. The van der Waals surface area contributed by atoms with Gasteiger partial charge in [-0.3, -0.25) is 4.68 Å². The van der Waals surface area contributed by atoms with Crippen molar-refractivity contribution in [2.75, 3.05) is 0 Å². The van der Waals surface area contributed by atoms with Crippen molar-refractivity contribution in [1.29, 1.82) is 0 Å². The number of hydrogen-bond acceptors (Lipinski definition) is 2. The predicted molar refractivity (Wildman–Crippen MR) is 53.7 cm³/mol. The molecule has 0 fully saturated rings. The van der Waals surface area contributed by atoms with E-state index in [9.17, 15) is 0 Å². The maximum atomic E-state index is 5.87. The third-order valence-corrected chi connectivity index (χ3v) is 2.38. The number of rotatable bonds is 4. The second-order valence-electron chi connectivity index (χ2n) is 3.49. The quantitative estimate of drug-likeness (QED) is 0.702. The minimum Gasteiger partial charge on any atom is -0.252 e. The molecule has 1 aromatic heterocycles. The van der Waals surface area contributed by atoms with Crippen LogP contribution >= 0.6 is 11.6 Å². The average molecular weight is 202 g/mol. The van der Waals surface area contributed by atoms with Crippen LogP contribution in [-0.4, -0.2) is 15.0 Å². The zero-order chi connectivity index (χ0) is 9.84. The molecule has 0 bridgehead atoms. The van der Waals surface area contributed by atoms with Crippen molar-refractivity contribution >= 4 is 11.6 Å². The Kier molecular flexibility index (Phi) is 3.72. The van der Waals surface area contributed by atoms with Crippen LogP contribution in [0.3, 0.4) is 0 Å². The van der Waals surface area contributed by atoms with E-state index in [1.54, 1.807) is 0 Å². The lowest BCUT2D eigenvalue weighted by Crippen LogP contribution is -2.07. The normalized spacial score (nSPS) is 15.7. The smallest absolute Gasteiger partial charge is 0.100 e. The van der Waals surface area contributed by atoms with Crippen LogP contribution in [0.15, 0.2) is 6.20 Å². The Balaban J connectivity index is 2.58. The number of alkyl halides is 1. The first-order chi connectivity index (χ1) is 6.13. The first-order valence-electron chi connectivity index (χ1n) is 4.67. The van der Waals surface area contributed by atoms with E-state index in [-0.39, 0.29) is 5.38 Å². The van der Waals surface area contributed by atoms with Crippen LogP contribution < -0.4 is 0 Å². The third-order valence-electron chi connectivity index (χ3n) is 2.16. The molecule has 0 amide bonds. The molecule has 0 aliphatic heterocycles. The largest absolute Gasteiger partial charge is 0.252 e. The van der Waals surface area contributed by atoms with Gasteiger partial charge in [-0.2, -0.15) is 0 Å². The molecule has 0 N–H and O–H groups in total. The Morgan fingerprint density at radius 1 is 1.54 bits per heavy atom. The van der Waals surface area contributed by atoms with E-state index in [2.05, 4.69) is 24.2 Å². The lowest BCUT2D eigenvalue weighted by Gasteiger charge is -2.06. The lowest BCUT2D eigenvalue weighted by molar-refractivity contribution is 0.431. The standard InChI is InChI=1S/C9H16ClN3/c1-4-7(2)5-13-6-9(8(3)10)11-12-13/h6-8H,4-5H2,1-3H3. The van der Waals surface area contributed by atoms with Crippen LogP contribution in [0.25, 0.3) is 0 Å². The molecular formula is C9H16ClN3. The summed E-state index contributed by atoms with van der Waals surface area (Å²) in [7, 11) is 0. The Morgan fingerprint density at radius 3 is 2.69 bits per heavy atom. The summed E-state index contributed by atoms with van der Waals surface area (Å²) in [6.07, 6.45) is 3.08. The SMILES string of the molecule is CCC(C)Cn1cc(C(C)Cl)nn1. The molecule has 0 saturated carbocycles. The minimum atomic E-state index is -0.0503. The molecule has 1 heterocycles. The topological polar surface area (TPSA) is 30.7 Å². The molecule has 13 heavy (non-hydrogen) atoms. The van der Waals surface area contributed by atoms with E-state index in [1.165, 1.54) is 0 Å². The molecule has 0 spiro atoms. The van der Waals surface area contributed by atoms with Crippen LogP contribution in [-0.2, 0) is 6.54 Å². The second kappa shape index (κ2) is 4.61. The highest BCUT2D eigenvalue weighted by Gasteiger charge is 2.07. The summed E-state index contributed by atoms with van der Waals surface area (Å²) in [4.78, 5) is 0. The van der Waals surface area contributed by atoms with Gasteiger partial charge in [0, 0.05) is 12.7 Å². The Morgan fingerprint density at radius 2 is 2.23 bits per heavy atom. The van der Waals surface area contributed by atoms with E-state index >= 15 is 0 Å². The van der Waals surface area contributed by atoms with Gasteiger partial charge in [0.05, 0.1) is 5.38 Å². The van der Waals surface area contributed by atoms with Crippen molar-refractivity contribution in [2.45, 2.75) is 39.1 Å². The Hall–Kier alpha value is -0.570. The van der Waals surface area contributed by atoms with Gasteiger partial charge in [-0.15, -0.1) is 16.7 Å². The summed E-state index contributed by atoms with van der Waals surface area (Å²) in [5.74, 6) is 0.639. The van der Waals surface area contributed by atoms with Gasteiger partial charge in [0.2, 0.25) is 0 Å². The third kappa shape index (κ3) is 2.99. The van der Waals surface area contributed by atoms with Crippen LogP contribution in [0.1, 0.15) is 38.3 Å². The van der Waals surface area contributed by atoms with Gasteiger partial charge in [-0.05, 0) is 12.8 Å². The van der Waals surface area contributed by atoms with Crippen molar-refractivity contribution in [3.63, 3.8) is 0 Å². The van der Waals surface area contributed by atoms with Crippen LogP contribution in [0, 0.1) is 5.92 Å². The van der Waals surface area contributed by atoms with Crippen LogP contribution in [0.4, 0.5) is 0 Å². The number of hydrogen-bond donors (Lipinski definition) is 0. The van der Waals surface area contributed by atoms with Crippen LogP contribution in [0.2, 0.25) is 0 Å². The summed E-state index contributed by atoms with van der Waals surface area (Å²) >= 11 is 5.87. The molecular weight excluding hydrogens is 186 g/mol. The van der Waals surface area contributed by atoms with Gasteiger partial charge < -0.3 is 0 Å². The number of aromatic nitrogens is 3. The van der Waals surface area contributed by atoms with Crippen LogP contribution in [0.5, 0.6) is 0 Å². The fraction of sp³-hybridized carbons (Fsp3) is 0.778. The lowest BCUT2D eigenvalue weighted by atomic mass is 10.1.